The van der Waals surface area contributed by atoms with Gasteiger partial charge in [0.2, 0.25) is 0 Å². The lowest BCUT2D eigenvalue weighted by molar-refractivity contribution is -0.432. The normalized spacial score (nSPS) is 25.2. The Morgan fingerprint density at radius 2 is 1.81 bits per heavy atom. The first-order valence-electron chi connectivity index (χ1n) is 8.84. The molecule has 0 spiro atoms. The first kappa shape index (κ1) is 21.8. The van der Waals surface area contributed by atoms with E-state index in [1.807, 2.05) is 75.4 Å². The zero-order valence-corrected chi connectivity index (χ0v) is 16.9. The van der Waals surface area contributed by atoms with E-state index in [-0.39, 0.29) is 24.7 Å². The molecule has 3 rings (SSSR count). The molecule has 1 fully saturated rings. The van der Waals surface area contributed by atoms with Gasteiger partial charge < -0.3 is 24.8 Å². The minimum Gasteiger partial charge on any atom is -0.756 e. The summed E-state index contributed by atoms with van der Waals surface area (Å²) in [4.78, 5) is 11.3. The van der Waals surface area contributed by atoms with E-state index in [2.05, 4.69) is 5.73 Å². The highest BCUT2D eigenvalue weighted by molar-refractivity contribution is 7.45. The molecule has 0 radical (unpaired) electrons. The van der Waals surface area contributed by atoms with Crippen molar-refractivity contribution >= 4 is 7.82 Å². The highest BCUT2D eigenvalue weighted by Gasteiger charge is 2.40. The summed E-state index contributed by atoms with van der Waals surface area (Å²) in [7, 11) is -4.14. The van der Waals surface area contributed by atoms with Crippen LogP contribution in [0.4, 0.5) is 0 Å². The molecule has 2 aromatic rings. The van der Waals surface area contributed by atoms with Gasteiger partial charge in [0.15, 0.2) is 0 Å². The molecule has 7 heteroatoms. The van der Waals surface area contributed by atoms with Gasteiger partial charge in [-0.25, -0.2) is 0 Å². The molecule has 0 aliphatic carbocycles. The number of hydrogen-bond acceptors (Lipinski definition) is 5. The Hall–Kier alpha value is -1.53. The van der Waals surface area contributed by atoms with Crippen LogP contribution in [0.15, 0.2) is 54.6 Å². The molecule has 27 heavy (non-hydrogen) atoms. The molecular formula is C20H28NO5P. The number of quaternary nitrogens is 1. The molecule has 1 saturated heterocycles. The van der Waals surface area contributed by atoms with Crippen LogP contribution in [0.1, 0.15) is 42.7 Å². The Labute approximate surface area is 160 Å². The van der Waals surface area contributed by atoms with E-state index in [4.69, 9.17) is 14.2 Å². The molecule has 1 unspecified atom stereocenters. The van der Waals surface area contributed by atoms with Crippen molar-refractivity contribution in [1.29, 1.82) is 0 Å². The van der Waals surface area contributed by atoms with Crippen molar-refractivity contribution < 1.29 is 29.3 Å². The van der Waals surface area contributed by atoms with E-state index < -0.39 is 13.9 Å². The topological polar surface area (TPSA) is 106 Å². The predicted molar refractivity (Wildman–Crippen MR) is 102 cm³/mol. The largest absolute Gasteiger partial charge is 0.756 e. The quantitative estimate of drug-likeness (QED) is 0.780. The maximum absolute atomic E-state index is 11.3. The average Bonchev–Trinajstić information content (AvgIpc) is 2.65. The van der Waals surface area contributed by atoms with Crippen molar-refractivity contribution in [2.45, 2.75) is 32.9 Å². The van der Waals surface area contributed by atoms with Gasteiger partial charge in [-0.05, 0) is 12.5 Å². The van der Waals surface area contributed by atoms with Crippen molar-refractivity contribution in [2.24, 2.45) is 5.41 Å². The number of phosphoric ester groups is 1. The van der Waals surface area contributed by atoms with Crippen LogP contribution >= 0.6 is 7.82 Å². The first-order valence-corrected chi connectivity index (χ1v) is 10.3. The Morgan fingerprint density at radius 3 is 2.37 bits per heavy atom. The van der Waals surface area contributed by atoms with Crippen LogP contribution in [-0.4, -0.2) is 18.3 Å². The standard InChI is InChI=1S/C11H15O4P.C9H13NO/c1-11(2)8-14-16(12,13)15-10(11)9-6-4-3-5-7-9;1-7-2-4-8(5-3-7)9(10)6-11/h3-7,10H,8H2,1-2H3,(H,12,13);2-5,9,11H,6,10H2,1H3/t10-;9-/m11/s1. The minimum absolute atomic E-state index is 0.00981. The third kappa shape index (κ3) is 6.25. The SMILES string of the molecule is CC1(C)COP(=O)([O-])O[C@@H]1c1ccccc1.Cc1ccc([C@H]([NH3+])CO)cc1. The van der Waals surface area contributed by atoms with E-state index in [0.717, 1.165) is 11.1 Å². The van der Waals surface area contributed by atoms with E-state index in [9.17, 15) is 9.46 Å². The van der Waals surface area contributed by atoms with E-state index >= 15 is 0 Å². The molecule has 148 valence electrons. The second kappa shape index (κ2) is 9.11. The summed E-state index contributed by atoms with van der Waals surface area (Å²) in [5.41, 5.74) is 6.63. The summed E-state index contributed by atoms with van der Waals surface area (Å²) in [6.45, 7) is 6.14. The van der Waals surface area contributed by atoms with Crippen molar-refractivity contribution in [1.82, 2.24) is 0 Å². The van der Waals surface area contributed by atoms with Gasteiger partial charge >= 0.3 is 0 Å². The zero-order valence-electron chi connectivity index (χ0n) is 16.0. The van der Waals surface area contributed by atoms with Gasteiger partial charge in [-0.15, -0.1) is 0 Å². The molecule has 0 aromatic heterocycles. The fourth-order valence-corrected chi connectivity index (χ4v) is 3.92. The molecule has 3 atom stereocenters. The number of aryl methyl sites for hydroxylation is 1. The smallest absolute Gasteiger partial charge is 0.268 e. The Bertz CT molecular complexity index is 764. The predicted octanol–water partition coefficient (Wildman–Crippen LogP) is 2.54. The Balaban J connectivity index is 0.000000208. The number of phosphoric acid groups is 1. The van der Waals surface area contributed by atoms with Crippen LogP contribution < -0.4 is 10.6 Å². The number of aliphatic hydroxyl groups is 1. The molecular weight excluding hydrogens is 365 g/mol. The molecule has 4 N–H and O–H groups in total. The summed E-state index contributed by atoms with van der Waals surface area (Å²) in [6, 6.07) is 17.4. The van der Waals surface area contributed by atoms with Crippen LogP contribution in [0.3, 0.4) is 0 Å². The van der Waals surface area contributed by atoms with Crippen LogP contribution in [0, 0.1) is 12.3 Å². The molecule has 0 amide bonds. The average molecular weight is 393 g/mol. The van der Waals surface area contributed by atoms with E-state index in [1.165, 1.54) is 5.56 Å². The maximum Gasteiger partial charge on any atom is 0.268 e. The molecule has 1 aliphatic heterocycles. The molecule has 0 saturated carbocycles. The number of hydrogen-bond donors (Lipinski definition) is 2. The monoisotopic (exact) mass is 393 g/mol. The van der Waals surface area contributed by atoms with Crippen LogP contribution in [0.5, 0.6) is 0 Å². The zero-order chi connectivity index (χ0) is 20.1. The summed E-state index contributed by atoms with van der Waals surface area (Å²) in [6.07, 6.45) is -0.481. The second-order valence-electron chi connectivity index (χ2n) is 7.40. The van der Waals surface area contributed by atoms with Gasteiger partial charge in [-0.3, -0.25) is 4.57 Å². The number of aliphatic hydroxyl groups excluding tert-OH is 1. The van der Waals surface area contributed by atoms with E-state index in [1.54, 1.807) is 0 Å². The maximum atomic E-state index is 11.3. The van der Waals surface area contributed by atoms with Gasteiger partial charge in [0.05, 0.1) is 19.3 Å². The first-order chi connectivity index (χ1) is 12.6. The highest BCUT2D eigenvalue weighted by atomic mass is 31.2. The van der Waals surface area contributed by atoms with Gasteiger partial charge in [0.25, 0.3) is 7.82 Å². The third-order valence-corrected chi connectivity index (χ3v) is 5.32. The van der Waals surface area contributed by atoms with Gasteiger partial charge in [-0.1, -0.05) is 74.0 Å². The Morgan fingerprint density at radius 1 is 1.22 bits per heavy atom. The number of rotatable bonds is 3. The Kier molecular flexibility index (Phi) is 7.34. The van der Waals surface area contributed by atoms with Gasteiger partial charge in [0, 0.05) is 11.0 Å². The third-order valence-electron chi connectivity index (χ3n) is 4.41. The molecule has 6 nitrogen and oxygen atoms in total. The van der Waals surface area contributed by atoms with Crippen molar-refractivity contribution in [3.05, 3.63) is 71.3 Å². The lowest BCUT2D eigenvalue weighted by atomic mass is 9.83. The van der Waals surface area contributed by atoms with Crippen molar-refractivity contribution in [3.8, 4) is 0 Å². The van der Waals surface area contributed by atoms with Crippen LogP contribution in [0.25, 0.3) is 0 Å². The van der Waals surface area contributed by atoms with E-state index in [0.29, 0.717) is 0 Å². The summed E-state index contributed by atoms with van der Waals surface area (Å²) < 4.78 is 21.1. The number of benzene rings is 2. The molecule has 1 aliphatic rings. The van der Waals surface area contributed by atoms with Crippen molar-refractivity contribution in [2.75, 3.05) is 13.2 Å². The lowest BCUT2D eigenvalue weighted by Gasteiger charge is -2.43. The summed E-state index contributed by atoms with van der Waals surface area (Å²) >= 11 is 0. The molecule has 2 aromatic carbocycles. The fourth-order valence-electron chi connectivity index (χ4n) is 2.71. The lowest BCUT2D eigenvalue weighted by Crippen LogP contribution is -2.55. The summed E-state index contributed by atoms with van der Waals surface area (Å²) in [5.74, 6) is 0. The van der Waals surface area contributed by atoms with Crippen LogP contribution in [-0.2, 0) is 13.6 Å². The fraction of sp³-hybridized carbons (Fsp3) is 0.400. The van der Waals surface area contributed by atoms with Crippen molar-refractivity contribution in [3.63, 3.8) is 0 Å². The molecule has 0 bridgehead atoms. The highest BCUT2D eigenvalue weighted by Crippen LogP contribution is 2.55. The minimum atomic E-state index is -4.14. The summed E-state index contributed by atoms with van der Waals surface area (Å²) in [5, 5.41) is 8.80. The van der Waals surface area contributed by atoms with Gasteiger partial charge in [-0.2, -0.15) is 0 Å². The second-order valence-corrected chi connectivity index (χ2v) is 8.76. The van der Waals surface area contributed by atoms with Gasteiger partial charge in [0.1, 0.15) is 6.04 Å². The van der Waals surface area contributed by atoms with Crippen LogP contribution in [0.2, 0.25) is 0 Å². The molecule has 1 heterocycles.